The summed E-state index contributed by atoms with van der Waals surface area (Å²) in [6, 6.07) is 14.6. The number of hydrogen-bond donors (Lipinski definition) is 1. The number of carbonyl (C=O) groups is 2. The number of amides is 2. The molecule has 0 aromatic heterocycles. The van der Waals surface area contributed by atoms with Gasteiger partial charge in [0.25, 0.3) is 11.1 Å². The Balaban J connectivity index is 1.57. The predicted octanol–water partition coefficient (Wildman–Crippen LogP) is 3.48. The maximum absolute atomic E-state index is 11.7. The van der Waals surface area contributed by atoms with Crippen LogP contribution in [0.1, 0.15) is 5.56 Å². The lowest BCUT2D eigenvalue weighted by Crippen LogP contribution is -2.17. The molecular weight excluding hydrogens is 354 g/mol. The molecule has 0 unspecified atom stereocenters. The number of hydrogen-bond acceptors (Lipinski definition) is 6. The first-order valence-corrected chi connectivity index (χ1v) is 8.71. The lowest BCUT2D eigenvalue weighted by molar-refractivity contribution is -0.115. The number of para-hydroxylation sites is 1. The minimum Gasteiger partial charge on any atom is -0.497 e. The molecule has 2 amide bonds. The molecule has 26 heavy (non-hydrogen) atoms. The molecule has 1 aliphatic rings. The number of benzene rings is 2. The molecule has 0 radical (unpaired) electrons. The molecule has 2 aromatic rings. The van der Waals surface area contributed by atoms with Crippen LogP contribution >= 0.6 is 11.8 Å². The molecule has 1 aliphatic heterocycles. The van der Waals surface area contributed by atoms with Crippen molar-refractivity contribution in [3.8, 4) is 17.2 Å². The first-order chi connectivity index (χ1) is 12.7. The van der Waals surface area contributed by atoms with Gasteiger partial charge >= 0.3 is 0 Å². The second kappa shape index (κ2) is 8.44. The largest absolute Gasteiger partial charge is 0.497 e. The third kappa shape index (κ3) is 4.58. The van der Waals surface area contributed by atoms with Crippen molar-refractivity contribution >= 4 is 29.0 Å². The van der Waals surface area contributed by atoms with Crippen molar-refractivity contribution < 1.29 is 23.8 Å². The van der Waals surface area contributed by atoms with Crippen molar-refractivity contribution in [1.29, 1.82) is 0 Å². The SMILES string of the molecule is COc1ccc(OCCOc2ccccc2/C=C2/SC(=O)NC2=O)cc1. The number of nitrogens with one attached hydrogen (secondary N) is 1. The zero-order valence-corrected chi connectivity index (χ0v) is 14.9. The van der Waals surface area contributed by atoms with Crippen LogP contribution in [0.2, 0.25) is 0 Å². The van der Waals surface area contributed by atoms with Crippen LogP contribution < -0.4 is 19.5 Å². The standard InChI is InChI=1S/C19H17NO5S/c1-23-14-6-8-15(9-7-14)24-10-11-25-16-5-3-2-4-13(16)12-17-18(21)20-19(22)26-17/h2-9,12H,10-11H2,1H3,(H,20,21,22)/b17-12+. The minimum absolute atomic E-state index is 0.338. The van der Waals surface area contributed by atoms with Crippen molar-refractivity contribution in [2.45, 2.75) is 0 Å². The van der Waals surface area contributed by atoms with E-state index in [4.69, 9.17) is 14.2 Å². The lowest BCUT2D eigenvalue weighted by atomic mass is 10.2. The van der Waals surface area contributed by atoms with Gasteiger partial charge in [-0.05, 0) is 48.2 Å². The molecule has 3 rings (SSSR count). The highest BCUT2D eigenvalue weighted by molar-refractivity contribution is 8.18. The molecule has 7 heteroatoms. The zero-order chi connectivity index (χ0) is 18.4. The van der Waals surface area contributed by atoms with E-state index in [0.717, 1.165) is 28.8 Å². The molecule has 0 saturated carbocycles. The Morgan fingerprint density at radius 3 is 2.35 bits per heavy atom. The topological polar surface area (TPSA) is 73.9 Å². The highest BCUT2D eigenvalue weighted by Crippen LogP contribution is 2.29. The summed E-state index contributed by atoms with van der Waals surface area (Å²) in [5.41, 5.74) is 0.726. The normalized spacial score (nSPS) is 15.0. The number of imide groups is 1. The first kappa shape index (κ1) is 17.9. The van der Waals surface area contributed by atoms with E-state index in [1.807, 2.05) is 42.5 Å². The maximum atomic E-state index is 11.7. The second-order valence-corrected chi connectivity index (χ2v) is 6.28. The Labute approximate surface area is 155 Å². The van der Waals surface area contributed by atoms with Crippen LogP contribution in [0.15, 0.2) is 53.4 Å². The van der Waals surface area contributed by atoms with Crippen LogP contribution in [0.3, 0.4) is 0 Å². The predicted molar refractivity (Wildman–Crippen MR) is 99.5 cm³/mol. The molecular formula is C19H17NO5S. The smallest absolute Gasteiger partial charge is 0.290 e. The quantitative estimate of drug-likeness (QED) is 0.593. The lowest BCUT2D eigenvalue weighted by Gasteiger charge is -2.11. The van der Waals surface area contributed by atoms with Crippen LogP contribution in [0.4, 0.5) is 4.79 Å². The van der Waals surface area contributed by atoms with Crippen molar-refractivity contribution in [1.82, 2.24) is 5.32 Å². The summed E-state index contributed by atoms with van der Waals surface area (Å²) in [4.78, 5) is 23.3. The fourth-order valence-corrected chi connectivity index (χ4v) is 2.95. The van der Waals surface area contributed by atoms with Gasteiger partial charge in [-0.2, -0.15) is 0 Å². The Morgan fingerprint density at radius 1 is 0.962 bits per heavy atom. The Kier molecular flexibility index (Phi) is 5.80. The van der Waals surface area contributed by atoms with E-state index in [2.05, 4.69) is 5.32 Å². The van der Waals surface area contributed by atoms with Gasteiger partial charge in [-0.25, -0.2) is 0 Å². The number of ether oxygens (including phenoxy) is 3. The van der Waals surface area contributed by atoms with Gasteiger partial charge in [0.15, 0.2) is 0 Å². The summed E-state index contributed by atoms with van der Waals surface area (Å²) < 4.78 is 16.5. The van der Waals surface area contributed by atoms with Crippen molar-refractivity contribution in [2.24, 2.45) is 0 Å². The number of carbonyl (C=O) groups excluding carboxylic acids is 2. The summed E-state index contributed by atoms with van der Waals surface area (Å²) in [6.07, 6.45) is 1.64. The van der Waals surface area contributed by atoms with Crippen LogP contribution in [0.25, 0.3) is 6.08 Å². The molecule has 1 heterocycles. The van der Waals surface area contributed by atoms with E-state index in [1.165, 1.54) is 0 Å². The van der Waals surface area contributed by atoms with E-state index in [0.29, 0.717) is 23.9 Å². The summed E-state index contributed by atoms with van der Waals surface area (Å²) in [5, 5.41) is 1.86. The van der Waals surface area contributed by atoms with Gasteiger partial charge in [0, 0.05) is 5.56 Å². The van der Waals surface area contributed by atoms with Crippen LogP contribution in [-0.2, 0) is 4.79 Å². The van der Waals surface area contributed by atoms with Crippen molar-refractivity contribution in [2.75, 3.05) is 20.3 Å². The van der Waals surface area contributed by atoms with E-state index >= 15 is 0 Å². The van der Waals surface area contributed by atoms with Crippen molar-refractivity contribution in [3.05, 3.63) is 59.0 Å². The highest BCUT2D eigenvalue weighted by atomic mass is 32.2. The molecule has 0 aliphatic carbocycles. The molecule has 134 valence electrons. The molecule has 0 bridgehead atoms. The monoisotopic (exact) mass is 371 g/mol. The average Bonchev–Trinajstić information content (AvgIpc) is 2.97. The summed E-state index contributed by atoms with van der Waals surface area (Å²) in [7, 11) is 1.61. The first-order valence-electron chi connectivity index (χ1n) is 7.89. The van der Waals surface area contributed by atoms with Crippen LogP contribution in [0.5, 0.6) is 17.2 Å². The molecule has 1 N–H and O–H groups in total. The maximum Gasteiger partial charge on any atom is 0.290 e. The van der Waals surface area contributed by atoms with Gasteiger partial charge in [0.2, 0.25) is 0 Å². The highest BCUT2D eigenvalue weighted by Gasteiger charge is 2.25. The average molecular weight is 371 g/mol. The number of rotatable bonds is 7. The third-order valence-electron chi connectivity index (χ3n) is 3.52. The molecule has 1 fully saturated rings. The molecule has 0 atom stereocenters. The number of thioether (sulfide) groups is 1. The van der Waals surface area contributed by atoms with Crippen LogP contribution in [-0.4, -0.2) is 31.5 Å². The Bertz CT molecular complexity index is 832. The zero-order valence-electron chi connectivity index (χ0n) is 14.1. The fourth-order valence-electron chi connectivity index (χ4n) is 2.28. The Morgan fingerprint density at radius 2 is 1.65 bits per heavy atom. The summed E-state index contributed by atoms with van der Waals surface area (Å²) in [6.45, 7) is 0.704. The summed E-state index contributed by atoms with van der Waals surface area (Å²) >= 11 is 0.877. The second-order valence-electron chi connectivity index (χ2n) is 5.26. The van der Waals surface area contributed by atoms with Crippen molar-refractivity contribution in [3.63, 3.8) is 0 Å². The van der Waals surface area contributed by atoms with Gasteiger partial charge in [0.1, 0.15) is 30.5 Å². The molecule has 2 aromatic carbocycles. The van der Waals surface area contributed by atoms with Gasteiger partial charge in [-0.1, -0.05) is 18.2 Å². The third-order valence-corrected chi connectivity index (χ3v) is 4.33. The minimum atomic E-state index is -0.391. The van der Waals surface area contributed by atoms with E-state index in [9.17, 15) is 9.59 Å². The van der Waals surface area contributed by atoms with E-state index in [1.54, 1.807) is 19.3 Å². The molecule has 6 nitrogen and oxygen atoms in total. The molecule has 0 spiro atoms. The van der Waals surface area contributed by atoms with Gasteiger partial charge < -0.3 is 14.2 Å². The van der Waals surface area contributed by atoms with E-state index < -0.39 is 5.91 Å². The summed E-state index contributed by atoms with van der Waals surface area (Å²) in [5.74, 6) is 1.72. The number of methoxy groups -OCH3 is 1. The molecule has 1 saturated heterocycles. The fraction of sp³-hybridized carbons (Fsp3) is 0.158. The van der Waals surface area contributed by atoms with Gasteiger partial charge in [-0.15, -0.1) is 0 Å². The Hall–Kier alpha value is -2.93. The van der Waals surface area contributed by atoms with Gasteiger partial charge in [-0.3, -0.25) is 14.9 Å². The van der Waals surface area contributed by atoms with Gasteiger partial charge in [0.05, 0.1) is 12.0 Å². The van der Waals surface area contributed by atoms with Crippen LogP contribution in [0, 0.1) is 0 Å². The van der Waals surface area contributed by atoms with E-state index in [-0.39, 0.29) is 5.24 Å².